The molecule has 0 aliphatic rings. The van der Waals surface area contributed by atoms with Crippen molar-refractivity contribution in [1.29, 1.82) is 0 Å². The molecular weight excluding hydrogens is 368 g/mol. The highest BCUT2D eigenvalue weighted by atomic mass is 16.5. The number of ether oxygens (including phenoxy) is 1. The minimum atomic E-state index is -0.321. The Morgan fingerprint density at radius 3 is 2.31 bits per heavy atom. The summed E-state index contributed by atoms with van der Waals surface area (Å²) in [5, 5.41) is 8.80. The number of hydrogen-bond acceptors (Lipinski definition) is 5. The van der Waals surface area contributed by atoms with E-state index in [0.717, 1.165) is 5.56 Å². The second-order valence-corrected chi connectivity index (χ2v) is 6.34. The second-order valence-electron chi connectivity index (χ2n) is 6.34. The van der Waals surface area contributed by atoms with Crippen LogP contribution in [0.1, 0.15) is 22.8 Å². The van der Waals surface area contributed by atoms with Crippen LogP contribution >= 0.6 is 0 Å². The number of rotatable bonds is 6. The lowest BCUT2D eigenvalue weighted by Gasteiger charge is -2.15. The summed E-state index contributed by atoms with van der Waals surface area (Å²) in [5.74, 6) is 0.555. The standard InChI is InChI=1S/C22H22N4O3/c1-14-17(24-15(2)27)10-6-11-18(14)26-22(28)16-8-7-13-23-21(16)25-19-9-4-5-12-20(19)29-3/h4-13H,1-3H3,(H,23,25)(H,24,27)(H,26,28). The van der Waals surface area contributed by atoms with E-state index < -0.39 is 0 Å². The lowest BCUT2D eigenvalue weighted by atomic mass is 10.1. The number of aromatic nitrogens is 1. The number of methoxy groups -OCH3 is 1. The van der Waals surface area contributed by atoms with Gasteiger partial charge in [0.2, 0.25) is 5.91 Å². The molecule has 1 heterocycles. The Bertz CT molecular complexity index is 1050. The maximum atomic E-state index is 13.0. The fraction of sp³-hybridized carbons (Fsp3) is 0.136. The summed E-state index contributed by atoms with van der Waals surface area (Å²) in [6.07, 6.45) is 1.61. The minimum absolute atomic E-state index is 0.174. The van der Waals surface area contributed by atoms with Gasteiger partial charge in [0.25, 0.3) is 5.91 Å². The Morgan fingerprint density at radius 1 is 0.897 bits per heavy atom. The molecule has 148 valence electrons. The fourth-order valence-electron chi connectivity index (χ4n) is 2.85. The van der Waals surface area contributed by atoms with Gasteiger partial charge in [-0.1, -0.05) is 18.2 Å². The van der Waals surface area contributed by atoms with Gasteiger partial charge in [-0.05, 0) is 48.9 Å². The Labute approximate surface area is 169 Å². The van der Waals surface area contributed by atoms with Crippen LogP contribution in [0.25, 0.3) is 0 Å². The number of carbonyl (C=O) groups excluding carboxylic acids is 2. The largest absolute Gasteiger partial charge is 0.495 e. The summed E-state index contributed by atoms with van der Waals surface area (Å²) in [5.41, 5.74) is 3.09. The van der Waals surface area contributed by atoms with E-state index in [1.54, 1.807) is 43.6 Å². The SMILES string of the molecule is COc1ccccc1Nc1ncccc1C(=O)Nc1cccc(NC(C)=O)c1C. The molecule has 0 atom stereocenters. The third-order valence-corrected chi connectivity index (χ3v) is 4.31. The summed E-state index contributed by atoms with van der Waals surface area (Å²) in [6, 6.07) is 16.1. The van der Waals surface area contributed by atoms with Gasteiger partial charge in [-0.2, -0.15) is 0 Å². The van der Waals surface area contributed by atoms with E-state index in [0.29, 0.717) is 34.2 Å². The predicted molar refractivity (Wildman–Crippen MR) is 114 cm³/mol. The van der Waals surface area contributed by atoms with Gasteiger partial charge in [0, 0.05) is 24.5 Å². The Morgan fingerprint density at radius 2 is 1.59 bits per heavy atom. The number of amides is 2. The van der Waals surface area contributed by atoms with Crippen molar-refractivity contribution < 1.29 is 14.3 Å². The molecule has 3 aromatic rings. The summed E-state index contributed by atoms with van der Waals surface area (Å²) in [4.78, 5) is 28.6. The van der Waals surface area contributed by atoms with Gasteiger partial charge in [0.1, 0.15) is 11.6 Å². The molecule has 0 aliphatic heterocycles. The Hall–Kier alpha value is -3.87. The predicted octanol–water partition coefficient (Wildman–Crippen LogP) is 4.35. The van der Waals surface area contributed by atoms with Crippen molar-refractivity contribution in [3.05, 3.63) is 71.9 Å². The summed E-state index contributed by atoms with van der Waals surface area (Å²) in [6.45, 7) is 3.27. The van der Waals surface area contributed by atoms with Gasteiger partial charge in [-0.15, -0.1) is 0 Å². The normalized spacial score (nSPS) is 10.2. The lowest BCUT2D eigenvalue weighted by molar-refractivity contribution is -0.114. The first kappa shape index (κ1) is 19.9. The zero-order valence-corrected chi connectivity index (χ0v) is 16.4. The molecule has 0 saturated carbocycles. The molecule has 7 nitrogen and oxygen atoms in total. The van der Waals surface area contributed by atoms with Crippen molar-refractivity contribution in [3.63, 3.8) is 0 Å². The maximum Gasteiger partial charge on any atom is 0.259 e. The highest BCUT2D eigenvalue weighted by Gasteiger charge is 2.16. The molecule has 3 N–H and O–H groups in total. The van der Waals surface area contributed by atoms with Gasteiger partial charge in [0.15, 0.2) is 0 Å². The molecule has 1 aromatic heterocycles. The number of pyridine rings is 1. The number of hydrogen-bond donors (Lipinski definition) is 3. The number of nitrogens with one attached hydrogen (secondary N) is 3. The van der Waals surface area contributed by atoms with Gasteiger partial charge < -0.3 is 20.7 Å². The zero-order chi connectivity index (χ0) is 20.8. The molecule has 2 aromatic carbocycles. The number of carbonyl (C=O) groups is 2. The number of anilines is 4. The molecule has 0 bridgehead atoms. The average molecular weight is 390 g/mol. The monoisotopic (exact) mass is 390 g/mol. The average Bonchev–Trinajstić information content (AvgIpc) is 2.71. The van der Waals surface area contributed by atoms with Crippen molar-refractivity contribution in [2.75, 3.05) is 23.1 Å². The molecule has 0 fully saturated rings. The molecule has 3 rings (SSSR count). The zero-order valence-electron chi connectivity index (χ0n) is 16.4. The first-order valence-electron chi connectivity index (χ1n) is 9.03. The maximum absolute atomic E-state index is 13.0. The molecule has 0 unspecified atom stereocenters. The van der Waals surface area contributed by atoms with Crippen LogP contribution in [0.4, 0.5) is 22.9 Å². The van der Waals surface area contributed by atoms with Crippen LogP contribution in [0, 0.1) is 6.92 Å². The van der Waals surface area contributed by atoms with E-state index in [1.807, 2.05) is 31.2 Å². The highest BCUT2D eigenvalue weighted by molar-refractivity contribution is 6.08. The second kappa shape index (κ2) is 8.88. The molecule has 0 aliphatic carbocycles. The molecule has 0 saturated heterocycles. The van der Waals surface area contributed by atoms with E-state index in [1.165, 1.54) is 6.92 Å². The summed E-state index contributed by atoms with van der Waals surface area (Å²) >= 11 is 0. The van der Waals surface area contributed by atoms with E-state index in [4.69, 9.17) is 4.74 Å². The first-order valence-corrected chi connectivity index (χ1v) is 9.03. The van der Waals surface area contributed by atoms with Crippen LogP contribution in [0.2, 0.25) is 0 Å². The third kappa shape index (κ3) is 4.70. The fourth-order valence-corrected chi connectivity index (χ4v) is 2.85. The van der Waals surface area contributed by atoms with Crippen LogP contribution < -0.4 is 20.7 Å². The number of benzene rings is 2. The number of nitrogens with zero attached hydrogens (tertiary/aromatic N) is 1. The van der Waals surface area contributed by atoms with Crippen molar-refractivity contribution in [3.8, 4) is 5.75 Å². The topological polar surface area (TPSA) is 92.3 Å². The van der Waals surface area contributed by atoms with Crippen LogP contribution in [0.3, 0.4) is 0 Å². The van der Waals surface area contributed by atoms with E-state index in [9.17, 15) is 9.59 Å². The molecule has 29 heavy (non-hydrogen) atoms. The lowest BCUT2D eigenvalue weighted by Crippen LogP contribution is -2.16. The Balaban J connectivity index is 1.87. The molecule has 0 spiro atoms. The number of para-hydroxylation sites is 2. The van der Waals surface area contributed by atoms with Gasteiger partial charge in [-0.3, -0.25) is 9.59 Å². The third-order valence-electron chi connectivity index (χ3n) is 4.31. The molecule has 0 radical (unpaired) electrons. The van der Waals surface area contributed by atoms with E-state index in [-0.39, 0.29) is 11.8 Å². The van der Waals surface area contributed by atoms with Crippen LogP contribution in [-0.4, -0.2) is 23.9 Å². The molecule has 2 amide bonds. The van der Waals surface area contributed by atoms with E-state index >= 15 is 0 Å². The van der Waals surface area contributed by atoms with Crippen molar-refractivity contribution in [2.45, 2.75) is 13.8 Å². The highest BCUT2D eigenvalue weighted by Crippen LogP contribution is 2.29. The minimum Gasteiger partial charge on any atom is -0.495 e. The van der Waals surface area contributed by atoms with Gasteiger partial charge in [0.05, 0.1) is 18.4 Å². The van der Waals surface area contributed by atoms with Crippen LogP contribution in [0.5, 0.6) is 5.75 Å². The first-order chi connectivity index (χ1) is 14.0. The Kier molecular flexibility index (Phi) is 6.09. The quantitative estimate of drug-likeness (QED) is 0.582. The van der Waals surface area contributed by atoms with Gasteiger partial charge >= 0.3 is 0 Å². The smallest absolute Gasteiger partial charge is 0.259 e. The van der Waals surface area contributed by atoms with E-state index in [2.05, 4.69) is 20.9 Å². The van der Waals surface area contributed by atoms with Gasteiger partial charge in [-0.25, -0.2) is 4.98 Å². The summed E-state index contributed by atoms with van der Waals surface area (Å²) in [7, 11) is 1.58. The van der Waals surface area contributed by atoms with Crippen molar-refractivity contribution in [2.24, 2.45) is 0 Å². The molecular formula is C22H22N4O3. The van der Waals surface area contributed by atoms with Crippen molar-refractivity contribution in [1.82, 2.24) is 4.98 Å². The van der Waals surface area contributed by atoms with Crippen LogP contribution in [-0.2, 0) is 4.79 Å². The summed E-state index contributed by atoms with van der Waals surface area (Å²) < 4.78 is 5.35. The van der Waals surface area contributed by atoms with Crippen LogP contribution in [0.15, 0.2) is 60.8 Å². The molecule has 7 heteroatoms. The van der Waals surface area contributed by atoms with Crippen molar-refractivity contribution >= 4 is 34.7 Å².